The quantitative estimate of drug-likeness (QED) is 0.677. The summed E-state index contributed by atoms with van der Waals surface area (Å²) in [5.74, 6) is -0.630. The lowest BCUT2D eigenvalue weighted by Crippen LogP contribution is -2.41. The molecule has 2 fully saturated rings. The van der Waals surface area contributed by atoms with Crippen LogP contribution in [0, 0.1) is 0 Å². The molecule has 0 saturated carbocycles. The Bertz CT molecular complexity index is 840. The van der Waals surface area contributed by atoms with E-state index in [1.807, 2.05) is 0 Å². The summed E-state index contributed by atoms with van der Waals surface area (Å²) in [6.07, 6.45) is 3.31. The van der Waals surface area contributed by atoms with Crippen molar-refractivity contribution in [3.63, 3.8) is 0 Å². The molecule has 28 heavy (non-hydrogen) atoms. The molecular formula is C18H18Cl2N2O5S. The Kier molecular flexibility index (Phi) is 6.87. The van der Waals surface area contributed by atoms with Crippen molar-refractivity contribution in [2.75, 3.05) is 26.8 Å². The predicted octanol–water partition coefficient (Wildman–Crippen LogP) is 3.33. The summed E-state index contributed by atoms with van der Waals surface area (Å²) in [5.41, 5.74) is 0.466. The molecule has 3 rings (SSSR count). The monoisotopic (exact) mass is 444 g/mol. The SMILES string of the molecule is COc1c(Cl)cc(Cl)cc1/C=C1\SC(=O)N(CC(=O)NC[C@H]2CCCO2)C1=O. The van der Waals surface area contributed by atoms with Crippen LogP contribution < -0.4 is 10.1 Å². The maximum atomic E-state index is 12.6. The Balaban J connectivity index is 1.69. The maximum Gasteiger partial charge on any atom is 0.294 e. The van der Waals surface area contributed by atoms with Crippen LogP contribution in [0.25, 0.3) is 6.08 Å². The van der Waals surface area contributed by atoms with Crippen molar-refractivity contribution in [3.8, 4) is 5.75 Å². The van der Waals surface area contributed by atoms with Crippen LogP contribution in [0.3, 0.4) is 0 Å². The number of carbonyl (C=O) groups excluding carboxylic acids is 3. The molecular weight excluding hydrogens is 427 g/mol. The lowest BCUT2D eigenvalue weighted by atomic mass is 10.2. The summed E-state index contributed by atoms with van der Waals surface area (Å²) in [4.78, 5) is 38.0. The molecule has 0 aromatic heterocycles. The highest BCUT2D eigenvalue weighted by Crippen LogP contribution is 2.37. The second kappa shape index (κ2) is 9.17. The molecule has 1 atom stereocenters. The number of imide groups is 1. The fourth-order valence-electron chi connectivity index (χ4n) is 2.91. The highest BCUT2D eigenvalue weighted by Gasteiger charge is 2.36. The average molecular weight is 445 g/mol. The number of nitrogens with zero attached hydrogens (tertiary/aromatic N) is 1. The number of carbonyl (C=O) groups is 3. The summed E-state index contributed by atoms with van der Waals surface area (Å²) in [6.45, 7) is 0.705. The standard InChI is InChI=1S/C18H18Cl2N2O5S/c1-26-16-10(5-11(19)7-13(16)20)6-14-17(24)22(18(25)28-14)9-15(23)21-8-12-3-2-4-27-12/h5-7,12H,2-4,8-9H2,1H3,(H,21,23)/b14-6-/t12-/m1/s1. The van der Waals surface area contributed by atoms with Gasteiger partial charge in [-0.15, -0.1) is 0 Å². The van der Waals surface area contributed by atoms with Crippen molar-refractivity contribution in [1.82, 2.24) is 10.2 Å². The summed E-state index contributed by atoms with van der Waals surface area (Å²) >= 11 is 12.9. The molecule has 1 N–H and O–H groups in total. The van der Waals surface area contributed by atoms with Gasteiger partial charge in [0.15, 0.2) is 0 Å². The fourth-order valence-corrected chi connectivity index (χ4v) is 4.33. The molecule has 0 radical (unpaired) electrons. The summed E-state index contributed by atoms with van der Waals surface area (Å²) in [5, 5.41) is 2.83. The smallest absolute Gasteiger partial charge is 0.294 e. The third kappa shape index (κ3) is 4.81. The van der Waals surface area contributed by atoms with E-state index >= 15 is 0 Å². The molecule has 0 bridgehead atoms. The Labute approximate surface area is 176 Å². The second-order valence-electron chi connectivity index (χ2n) is 6.22. The Morgan fingerprint density at radius 3 is 2.89 bits per heavy atom. The van der Waals surface area contributed by atoms with Crippen LogP contribution in [0.1, 0.15) is 18.4 Å². The number of amides is 3. The van der Waals surface area contributed by atoms with Crippen molar-refractivity contribution >= 4 is 58.1 Å². The van der Waals surface area contributed by atoms with Gasteiger partial charge < -0.3 is 14.8 Å². The normalized spacial score (nSPS) is 20.9. The van der Waals surface area contributed by atoms with E-state index in [0.717, 1.165) is 29.5 Å². The molecule has 10 heteroatoms. The van der Waals surface area contributed by atoms with Crippen molar-refractivity contribution in [3.05, 3.63) is 32.6 Å². The molecule has 0 aliphatic carbocycles. The van der Waals surface area contributed by atoms with Gasteiger partial charge in [-0.2, -0.15) is 0 Å². The van der Waals surface area contributed by atoms with Gasteiger partial charge in [-0.3, -0.25) is 19.3 Å². The van der Waals surface area contributed by atoms with Gasteiger partial charge in [-0.05, 0) is 42.8 Å². The zero-order valence-electron chi connectivity index (χ0n) is 15.0. The minimum atomic E-state index is -0.555. The number of thioether (sulfide) groups is 1. The third-order valence-corrected chi connectivity index (χ3v) is 5.66. The number of ether oxygens (including phenoxy) is 2. The van der Waals surface area contributed by atoms with E-state index in [4.69, 9.17) is 32.7 Å². The Morgan fingerprint density at radius 2 is 2.21 bits per heavy atom. The van der Waals surface area contributed by atoms with Gasteiger partial charge in [0.2, 0.25) is 5.91 Å². The molecule has 2 saturated heterocycles. The molecule has 2 aliphatic rings. The van der Waals surface area contributed by atoms with E-state index in [1.165, 1.54) is 19.3 Å². The number of methoxy groups -OCH3 is 1. The first-order valence-corrected chi connectivity index (χ1v) is 10.1. The second-order valence-corrected chi connectivity index (χ2v) is 8.05. The molecule has 2 aliphatic heterocycles. The predicted molar refractivity (Wildman–Crippen MR) is 108 cm³/mol. The first-order chi connectivity index (χ1) is 13.4. The topological polar surface area (TPSA) is 84.9 Å². The van der Waals surface area contributed by atoms with E-state index in [1.54, 1.807) is 6.07 Å². The van der Waals surface area contributed by atoms with Crippen molar-refractivity contribution in [1.29, 1.82) is 0 Å². The fraction of sp³-hybridized carbons (Fsp3) is 0.389. The largest absolute Gasteiger partial charge is 0.495 e. The molecule has 1 aromatic carbocycles. The van der Waals surface area contributed by atoms with Gasteiger partial charge in [-0.25, -0.2) is 0 Å². The zero-order valence-corrected chi connectivity index (χ0v) is 17.3. The first kappa shape index (κ1) is 21.0. The van der Waals surface area contributed by atoms with E-state index in [0.29, 0.717) is 29.5 Å². The molecule has 7 nitrogen and oxygen atoms in total. The molecule has 1 aromatic rings. The van der Waals surface area contributed by atoms with E-state index in [-0.39, 0.29) is 22.6 Å². The van der Waals surface area contributed by atoms with Crippen molar-refractivity contribution in [2.24, 2.45) is 0 Å². The molecule has 3 amide bonds. The Hall–Kier alpha value is -1.74. The Morgan fingerprint density at radius 1 is 1.43 bits per heavy atom. The lowest BCUT2D eigenvalue weighted by Gasteiger charge is -2.14. The van der Waals surface area contributed by atoms with Crippen LogP contribution in [0.15, 0.2) is 17.0 Å². The highest BCUT2D eigenvalue weighted by atomic mass is 35.5. The van der Waals surface area contributed by atoms with Crippen LogP contribution in [-0.2, 0) is 14.3 Å². The van der Waals surface area contributed by atoms with E-state index in [2.05, 4.69) is 5.32 Å². The van der Waals surface area contributed by atoms with Gasteiger partial charge >= 0.3 is 0 Å². The van der Waals surface area contributed by atoms with Crippen LogP contribution in [-0.4, -0.2) is 54.9 Å². The minimum absolute atomic E-state index is 0.0150. The van der Waals surface area contributed by atoms with Crippen LogP contribution >= 0.6 is 35.0 Å². The summed E-state index contributed by atoms with van der Waals surface area (Å²) in [6, 6.07) is 3.10. The highest BCUT2D eigenvalue weighted by molar-refractivity contribution is 8.18. The van der Waals surface area contributed by atoms with Gasteiger partial charge in [0.05, 0.1) is 23.1 Å². The lowest BCUT2D eigenvalue weighted by molar-refractivity contribution is -0.129. The summed E-state index contributed by atoms with van der Waals surface area (Å²) < 4.78 is 10.7. The molecule has 0 unspecified atom stereocenters. The van der Waals surface area contributed by atoms with Gasteiger partial charge in [0.1, 0.15) is 12.3 Å². The van der Waals surface area contributed by atoms with Crippen LogP contribution in [0.4, 0.5) is 4.79 Å². The van der Waals surface area contributed by atoms with Gasteiger partial charge in [0, 0.05) is 23.7 Å². The average Bonchev–Trinajstić information content (AvgIpc) is 3.24. The van der Waals surface area contributed by atoms with Crippen LogP contribution in [0.2, 0.25) is 10.0 Å². The number of benzene rings is 1. The third-order valence-electron chi connectivity index (χ3n) is 4.25. The molecule has 150 valence electrons. The van der Waals surface area contributed by atoms with Crippen LogP contribution in [0.5, 0.6) is 5.75 Å². The van der Waals surface area contributed by atoms with Gasteiger partial charge in [-0.1, -0.05) is 23.2 Å². The van der Waals surface area contributed by atoms with Crippen molar-refractivity contribution < 1.29 is 23.9 Å². The van der Waals surface area contributed by atoms with Crippen molar-refractivity contribution in [2.45, 2.75) is 18.9 Å². The number of hydrogen-bond donors (Lipinski definition) is 1. The summed E-state index contributed by atoms with van der Waals surface area (Å²) in [7, 11) is 1.44. The molecule has 2 heterocycles. The van der Waals surface area contributed by atoms with Gasteiger partial charge in [0.25, 0.3) is 11.1 Å². The maximum absolute atomic E-state index is 12.6. The number of rotatable bonds is 6. The minimum Gasteiger partial charge on any atom is -0.495 e. The van der Waals surface area contributed by atoms with E-state index in [9.17, 15) is 14.4 Å². The number of nitrogens with one attached hydrogen (secondary N) is 1. The molecule has 0 spiro atoms. The first-order valence-electron chi connectivity index (χ1n) is 8.55. The van der Waals surface area contributed by atoms with E-state index < -0.39 is 17.1 Å². The zero-order chi connectivity index (χ0) is 20.3. The number of hydrogen-bond acceptors (Lipinski definition) is 6. The number of halogens is 2.